The molecule has 0 spiro atoms. The van der Waals surface area contributed by atoms with Crippen molar-refractivity contribution >= 4 is 5.91 Å². The van der Waals surface area contributed by atoms with Gasteiger partial charge in [0.1, 0.15) is 11.9 Å². The molecule has 2 N–H and O–H groups in total. The minimum Gasteiger partial charge on any atom is -0.491 e. The highest BCUT2D eigenvalue weighted by Crippen LogP contribution is 2.22. The smallest absolute Gasteiger partial charge is 0.251 e. The Morgan fingerprint density at radius 1 is 1.27 bits per heavy atom. The van der Waals surface area contributed by atoms with Crippen LogP contribution in [0.5, 0.6) is 5.75 Å². The molecule has 5 heteroatoms. The van der Waals surface area contributed by atoms with Crippen LogP contribution in [0.4, 0.5) is 0 Å². The van der Waals surface area contributed by atoms with Crippen molar-refractivity contribution in [3.8, 4) is 5.75 Å². The van der Waals surface area contributed by atoms with Crippen molar-refractivity contribution in [1.82, 2.24) is 5.32 Å². The largest absolute Gasteiger partial charge is 0.491 e. The van der Waals surface area contributed by atoms with Gasteiger partial charge in [0.2, 0.25) is 0 Å². The predicted octanol–water partition coefficient (Wildman–Crippen LogP) is 2.13. The number of rotatable bonds is 5. The van der Waals surface area contributed by atoms with Crippen LogP contribution in [-0.2, 0) is 4.74 Å². The fraction of sp³-hybridized carbons (Fsp3) is 0.588. The number of amides is 1. The third kappa shape index (κ3) is 4.21. The molecule has 122 valence electrons. The molecule has 1 aromatic rings. The van der Waals surface area contributed by atoms with Gasteiger partial charge in [-0.05, 0) is 57.4 Å². The Kier molecular flexibility index (Phi) is 5.80. The average molecular weight is 307 g/mol. The topological polar surface area (TPSA) is 67.8 Å². The summed E-state index contributed by atoms with van der Waals surface area (Å²) in [5.41, 5.74) is 0.558. The quantitative estimate of drug-likeness (QED) is 0.874. The lowest BCUT2D eigenvalue weighted by Crippen LogP contribution is -2.51. The molecule has 0 saturated heterocycles. The van der Waals surface area contributed by atoms with Crippen molar-refractivity contribution in [2.45, 2.75) is 57.5 Å². The Labute approximate surface area is 131 Å². The number of benzene rings is 1. The molecule has 1 aromatic carbocycles. The van der Waals surface area contributed by atoms with Gasteiger partial charge in [-0.1, -0.05) is 0 Å². The minimum absolute atomic E-state index is 0.100. The molecule has 5 nitrogen and oxygen atoms in total. The van der Waals surface area contributed by atoms with E-state index >= 15 is 0 Å². The van der Waals surface area contributed by atoms with Crippen LogP contribution in [0, 0.1) is 0 Å². The lowest BCUT2D eigenvalue weighted by atomic mass is 9.89. The molecule has 1 aliphatic rings. The van der Waals surface area contributed by atoms with Gasteiger partial charge in [0.15, 0.2) is 0 Å². The van der Waals surface area contributed by atoms with Gasteiger partial charge in [0.25, 0.3) is 5.91 Å². The second kappa shape index (κ2) is 7.61. The van der Waals surface area contributed by atoms with Gasteiger partial charge >= 0.3 is 0 Å². The van der Waals surface area contributed by atoms with Crippen molar-refractivity contribution in [2.75, 3.05) is 7.11 Å². The average Bonchev–Trinajstić information content (AvgIpc) is 2.49. The second-order valence-corrected chi connectivity index (χ2v) is 5.97. The first-order valence-corrected chi connectivity index (χ1v) is 7.79. The first-order valence-electron chi connectivity index (χ1n) is 7.79. The summed E-state index contributed by atoms with van der Waals surface area (Å²) in [6.45, 7) is 3.91. The van der Waals surface area contributed by atoms with E-state index in [4.69, 9.17) is 9.47 Å². The Hall–Kier alpha value is -1.59. The zero-order chi connectivity index (χ0) is 16.1. The van der Waals surface area contributed by atoms with Crippen molar-refractivity contribution in [2.24, 2.45) is 0 Å². The third-order valence-corrected chi connectivity index (χ3v) is 3.90. The van der Waals surface area contributed by atoms with Crippen LogP contribution in [0.3, 0.4) is 0 Å². The normalized spacial score (nSPS) is 25.0. The van der Waals surface area contributed by atoms with E-state index in [1.807, 2.05) is 13.8 Å². The zero-order valence-electron chi connectivity index (χ0n) is 13.4. The molecule has 22 heavy (non-hydrogen) atoms. The Bertz CT molecular complexity index is 486. The van der Waals surface area contributed by atoms with Crippen LogP contribution in [0.2, 0.25) is 0 Å². The first kappa shape index (κ1) is 16.8. The molecular weight excluding hydrogens is 282 g/mol. The summed E-state index contributed by atoms with van der Waals surface area (Å²) < 4.78 is 10.8. The van der Waals surface area contributed by atoms with Gasteiger partial charge in [-0.15, -0.1) is 0 Å². The molecule has 0 aromatic heterocycles. The second-order valence-electron chi connectivity index (χ2n) is 5.97. The maximum atomic E-state index is 12.3. The van der Waals surface area contributed by atoms with E-state index in [9.17, 15) is 9.90 Å². The SMILES string of the molecule is CO[C@@H]1CCC[C@@H](NC(=O)c2ccc(OC(C)C)cc2)[C@H]1O. The summed E-state index contributed by atoms with van der Waals surface area (Å²) in [6, 6.07) is 6.76. The number of carbonyl (C=O) groups excluding carboxylic acids is 1. The standard InChI is InChI=1S/C17H25NO4/c1-11(2)22-13-9-7-12(8-10-13)17(20)18-14-5-4-6-15(21-3)16(14)19/h7-11,14-16,19H,4-6H2,1-3H3,(H,18,20)/t14-,15-,16-/m1/s1. The number of methoxy groups -OCH3 is 1. The lowest BCUT2D eigenvalue weighted by molar-refractivity contribution is -0.0513. The van der Waals surface area contributed by atoms with Crippen molar-refractivity contribution in [1.29, 1.82) is 0 Å². The highest BCUT2D eigenvalue weighted by Gasteiger charge is 2.32. The first-order chi connectivity index (χ1) is 10.5. The van der Waals surface area contributed by atoms with E-state index in [1.54, 1.807) is 31.4 Å². The van der Waals surface area contributed by atoms with E-state index in [-0.39, 0.29) is 24.2 Å². The fourth-order valence-electron chi connectivity index (χ4n) is 2.76. The van der Waals surface area contributed by atoms with Crippen LogP contribution in [0.1, 0.15) is 43.5 Å². The summed E-state index contributed by atoms with van der Waals surface area (Å²) in [5, 5.41) is 13.1. The van der Waals surface area contributed by atoms with Gasteiger partial charge in [0.05, 0.1) is 18.2 Å². The van der Waals surface area contributed by atoms with E-state index < -0.39 is 6.10 Å². The van der Waals surface area contributed by atoms with Crippen molar-refractivity contribution < 1.29 is 19.4 Å². The lowest BCUT2D eigenvalue weighted by Gasteiger charge is -2.34. The van der Waals surface area contributed by atoms with Crippen LogP contribution in [0.25, 0.3) is 0 Å². The molecular formula is C17H25NO4. The van der Waals surface area contributed by atoms with E-state index in [0.29, 0.717) is 5.56 Å². The zero-order valence-corrected chi connectivity index (χ0v) is 13.4. The van der Waals surface area contributed by atoms with Crippen LogP contribution < -0.4 is 10.1 Å². The highest BCUT2D eigenvalue weighted by molar-refractivity contribution is 5.94. The van der Waals surface area contributed by atoms with Gasteiger partial charge in [-0.2, -0.15) is 0 Å². The molecule has 0 aliphatic heterocycles. The summed E-state index contributed by atoms with van der Waals surface area (Å²) in [7, 11) is 1.59. The number of nitrogens with one attached hydrogen (secondary N) is 1. The summed E-state index contributed by atoms with van der Waals surface area (Å²) in [5.74, 6) is 0.556. The Balaban J connectivity index is 1.96. The molecule has 1 saturated carbocycles. The van der Waals surface area contributed by atoms with E-state index in [1.165, 1.54) is 0 Å². The number of hydrogen-bond acceptors (Lipinski definition) is 4. The van der Waals surface area contributed by atoms with Gasteiger partial charge < -0.3 is 19.9 Å². The molecule has 0 bridgehead atoms. The van der Waals surface area contributed by atoms with E-state index in [0.717, 1.165) is 25.0 Å². The van der Waals surface area contributed by atoms with Crippen LogP contribution in [-0.4, -0.2) is 42.5 Å². The number of ether oxygens (including phenoxy) is 2. The number of aliphatic hydroxyl groups excluding tert-OH is 1. The monoisotopic (exact) mass is 307 g/mol. The maximum absolute atomic E-state index is 12.3. The van der Waals surface area contributed by atoms with Crippen LogP contribution in [0.15, 0.2) is 24.3 Å². The van der Waals surface area contributed by atoms with Crippen molar-refractivity contribution in [3.63, 3.8) is 0 Å². The predicted molar refractivity (Wildman–Crippen MR) is 84.1 cm³/mol. The molecule has 3 atom stereocenters. The molecule has 0 heterocycles. The molecule has 1 fully saturated rings. The minimum atomic E-state index is -0.661. The summed E-state index contributed by atoms with van der Waals surface area (Å²) in [6.07, 6.45) is 1.75. The van der Waals surface area contributed by atoms with Gasteiger partial charge in [-0.3, -0.25) is 4.79 Å². The van der Waals surface area contributed by atoms with Gasteiger partial charge in [0, 0.05) is 12.7 Å². The third-order valence-electron chi connectivity index (χ3n) is 3.90. The fourth-order valence-corrected chi connectivity index (χ4v) is 2.76. The molecule has 1 aliphatic carbocycles. The maximum Gasteiger partial charge on any atom is 0.251 e. The number of aliphatic hydroxyl groups is 1. The van der Waals surface area contributed by atoms with Crippen molar-refractivity contribution in [3.05, 3.63) is 29.8 Å². The number of hydrogen-bond donors (Lipinski definition) is 2. The summed E-state index contributed by atoms with van der Waals surface area (Å²) >= 11 is 0. The highest BCUT2D eigenvalue weighted by atomic mass is 16.5. The Morgan fingerprint density at radius 2 is 1.95 bits per heavy atom. The van der Waals surface area contributed by atoms with Gasteiger partial charge in [-0.25, -0.2) is 0 Å². The number of carbonyl (C=O) groups is 1. The molecule has 0 unspecified atom stereocenters. The summed E-state index contributed by atoms with van der Waals surface area (Å²) in [4.78, 5) is 12.3. The molecule has 0 radical (unpaired) electrons. The Morgan fingerprint density at radius 3 is 2.55 bits per heavy atom. The van der Waals surface area contributed by atoms with E-state index in [2.05, 4.69) is 5.32 Å². The van der Waals surface area contributed by atoms with Crippen LogP contribution >= 0.6 is 0 Å². The molecule has 2 rings (SSSR count). The molecule has 1 amide bonds.